The summed E-state index contributed by atoms with van der Waals surface area (Å²) >= 11 is 1.76. The number of hydrogen-bond donors (Lipinski definition) is 2. The molecule has 7 heteroatoms. The zero-order valence-corrected chi connectivity index (χ0v) is 15.7. The van der Waals surface area contributed by atoms with Crippen molar-refractivity contribution >= 4 is 42.5 Å². The fourth-order valence-electron chi connectivity index (χ4n) is 2.78. The Bertz CT molecular complexity index is 437. The molecule has 23 heavy (non-hydrogen) atoms. The molecule has 1 aromatic heterocycles. The van der Waals surface area contributed by atoms with E-state index in [0.29, 0.717) is 18.9 Å². The van der Waals surface area contributed by atoms with Crippen molar-refractivity contribution in [1.29, 1.82) is 0 Å². The number of carbonyl (C=O) groups excluding carboxylic acids is 1. The van der Waals surface area contributed by atoms with Crippen LogP contribution in [-0.4, -0.2) is 29.2 Å². The number of rotatable bonds is 7. The summed E-state index contributed by atoms with van der Waals surface area (Å²) in [4.78, 5) is 16.3. The van der Waals surface area contributed by atoms with Crippen LogP contribution in [0.4, 0.5) is 0 Å². The molecule has 1 aliphatic rings. The predicted molar refractivity (Wildman–Crippen MR) is 102 cm³/mol. The van der Waals surface area contributed by atoms with E-state index in [4.69, 9.17) is 5.73 Å². The maximum Gasteiger partial charge on any atom is 0.221 e. The van der Waals surface area contributed by atoms with Gasteiger partial charge in [-0.15, -0.1) is 24.8 Å². The SMILES string of the molecule is Cl.Cl.NCC1CCCCC1NC(=O)CCSCc1ccccn1. The lowest BCUT2D eigenvalue weighted by atomic mass is 9.84. The molecule has 0 aliphatic heterocycles. The maximum atomic E-state index is 12.0. The number of nitrogens with zero attached hydrogens (tertiary/aromatic N) is 1. The number of amides is 1. The van der Waals surface area contributed by atoms with E-state index in [1.807, 2.05) is 18.2 Å². The highest BCUT2D eigenvalue weighted by atomic mass is 35.5. The van der Waals surface area contributed by atoms with Crippen molar-refractivity contribution in [2.24, 2.45) is 11.7 Å². The van der Waals surface area contributed by atoms with Gasteiger partial charge < -0.3 is 11.1 Å². The Balaban J connectivity index is 0.00000242. The summed E-state index contributed by atoms with van der Waals surface area (Å²) in [6.45, 7) is 0.680. The Morgan fingerprint density at radius 1 is 1.30 bits per heavy atom. The first-order valence-electron chi connectivity index (χ1n) is 7.76. The predicted octanol–water partition coefficient (Wildman–Crippen LogP) is 3.18. The molecule has 1 amide bonds. The minimum absolute atomic E-state index is 0. The van der Waals surface area contributed by atoms with Gasteiger partial charge in [0.2, 0.25) is 5.91 Å². The van der Waals surface area contributed by atoms with Crippen LogP contribution in [0.25, 0.3) is 0 Å². The molecule has 1 aliphatic carbocycles. The van der Waals surface area contributed by atoms with Gasteiger partial charge in [0.1, 0.15) is 0 Å². The Morgan fingerprint density at radius 3 is 2.78 bits per heavy atom. The summed E-state index contributed by atoms with van der Waals surface area (Å²) in [5.41, 5.74) is 6.86. The summed E-state index contributed by atoms with van der Waals surface area (Å²) in [7, 11) is 0. The van der Waals surface area contributed by atoms with Crippen LogP contribution in [0.3, 0.4) is 0 Å². The number of pyridine rings is 1. The fourth-order valence-corrected chi connectivity index (χ4v) is 3.64. The van der Waals surface area contributed by atoms with Gasteiger partial charge in [0.15, 0.2) is 0 Å². The second-order valence-electron chi connectivity index (χ2n) is 5.58. The molecule has 1 saturated carbocycles. The molecule has 2 rings (SSSR count). The van der Waals surface area contributed by atoms with Crippen molar-refractivity contribution in [2.75, 3.05) is 12.3 Å². The lowest BCUT2D eigenvalue weighted by Crippen LogP contribution is -2.44. The number of nitrogens with two attached hydrogens (primary N) is 1. The van der Waals surface area contributed by atoms with Crippen LogP contribution in [0.2, 0.25) is 0 Å². The van der Waals surface area contributed by atoms with Gasteiger partial charge >= 0.3 is 0 Å². The van der Waals surface area contributed by atoms with E-state index in [1.165, 1.54) is 12.8 Å². The largest absolute Gasteiger partial charge is 0.353 e. The molecule has 0 aromatic carbocycles. The zero-order chi connectivity index (χ0) is 14.9. The normalized spacial score (nSPS) is 20.0. The third kappa shape index (κ3) is 8.25. The summed E-state index contributed by atoms with van der Waals surface area (Å²) < 4.78 is 0. The monoisotopic (exact) mass is 379 g/mol. The molecule has 1 fully saturated rings. The van der Waals surface area contributed by atoms with Crippen LogP contribution < -0.4 is 11.1 Å². The van der Waals surface area contributed by atoms with Gasteiger partial charge in [0.25, 0.3) is 0 Å². The molecule has 2 atom stereocenters. The first-order valence-corrected chi connectivity index (χ1v) is 8.92. The average molecular weight is 380 g/mol. The van der Waals surface area contributed by atoms with Crippen molar-refractivity contribution in [3.8, 4) is 0 Å². The van der Waals surface area contributed by atoms with Crippen LogP contribution in [0, 0.1) is 5.92 Å². The van der Waals surface area contributed by atoms with Crippen LogP contribution in [0.5, 0.6) is 0 Å². The molecule has 1 heterocycles. The van der Waals surface area contributed by atoms with Crippen molar-refractivity contribution in [1.82, 2.24) is 10.3 Å². The van der Waals surface area contributed by atoms with Gasteiger partial charge in [-0.3, -0.25) is 9.78 Å². The van der Waals surface area contributed by atoms with Gasteiger partial charge in [0.05, 0.1) is 5.69 Å². The van der Waals surface area contributed by atoms with Crippen molar-refractivity contribution < 1.29 is 4.79 Å². The molecule has 4 nitrogen and oxygen atoms in total. The Labute approximate surface area is 155 Å². The van der Waals surface area contributed by atoms with Crippen LogP contribution in [0.15, 0.2) is 24.4 Å². The molecule has 0 spiro atoms. The Hall–Kier alpha value is -0.490. The van der Waals surface area contributed by atoms with Crippen molar-refractivity contribution in [2.45, 2.75) is 43.9 Å². The topological polar surface area (TPSA) is 68.0 Å². The number of hydrogen-bond acceptors (Lipinski definition) is 4. The Kier molecular flexibility index (Phi) is 12.6. The third-order valence-corrected chi connectivity index (χ3v) is 5.00. The van der Waals surface area contributed by atoms with E-state index in [0.717, 1.165) is 30.0 Å². The highest BCUT2D eigenvalue weighted by Gasteiger charge is 2.24. The van der Waals surface area contributed by atoms with E-state index in [2.05, 4.69) is 10.3 Å². The number of carbonyl (C=O) groups is 1. The van der Waals surface area contributed by atoms with Crippen LogP contribution in [0.1, 0.15) is 37.8 Å². The van der Waals surface area contributed by atoms with Gasteiger partial charge in [-0.05, 0) is 37.4 Å². The first kappa shape index (κ1) is 22.5. The summed E-state index contributed by atoms with van der Waals surface area (Å²) in [5, 5.41) is 3.17. The summed E-state index contributed by atoms with van der Waals surface area (Å²) in [6, 6.07) is 6.21. The van der Waals surface area contributed by atoms with E-state index >= 15 is 0 Å². The van der Waals surface area contributed by atoms with E-state index in [9.17, 15) is 4.79 Å². The highest BCUT2D eigenvalue weighted by Crippen LogP contribution is 2.23. The van der Waals surface area contributed by atoms with E-state index < -0.39 is 0 Å². The Morgan fingerprint density at radius 2 is 2.09 bits per heavy atom. The molecule has 2 unspecified atom stereocenters. The summed E-state index contributed by atoms with van der Waals surface area (Å²) in [6.07, 6.45) is 7.05. The van der Waals surface area contributed by atoms with Gasteiger partial charge in [0, 0.05) is 30.2 Å². The lowest BCUT2D eigenvalue weighted by Gasteiger charge is -2.31. The van der Waals surface area contributed by atoms with Crippen LogP contribution >= 0.6 is 36.6 Å². The van der Waals surface area contributed by atoms with Gasteiger partial charge in [-0.2, -0.15) is 11.8 Å². The van der Waals surface area contributed by atoms with Crippen molar-refractivity contribution in [3.63, 3.8) is 0 Å². The maximum absolute atomic E-state index is 12.0. The second-order valence-corrected chi connectivity index (χ2v) is 6.68. The molecular weight excluding hydrogens is 353 g/mol. The number of halogens is 2. The number of nitrogens with one attached hydrogen (secondary N) is 1. The summed E-state index contributed by atoms with van der Waals surface area (Å²) in [5.74, 6) is 2.32. The molecule has 0 saturated heterocycles. The molecule has 1 aromatic rings. The molecular formula is C16H27Cl2N3OS. The highest BCUT2D eigenvalue weighted by molar-refractivity contribution is 7.98. The quantitative estimate of drug-likeness (QED) is 0.713. The third-order valence-electron chi connectivity index (χ3n) is 4.01. The van der Waals surface area contributed by atoms with Gasteiger partial charge in [-0.25, -0.2) is 0 Å². The minimum atomic E-state index is 0. The number of thioether (sulfide) groups is 1. The number of aromatic nitrogens is 1. The second kappa shape index (κ2) is 12.9. The van der Waals surface area contributed by atoms with Crippen molar-refractivity contribution in [3.05, 3.63) is 30.1 Å². The molecule has 0 bridgehead atoms. The van der Waals surface area contributed by atoms with E-state index in [1.54, 1.807) is 18.0 Å². The fraction of sp³-hybridized carbons (Fsp3) is 0.625. The molecule has 3 N–H and O–H groups in total. The standard InChI is InChI=1S/C16H25N3OS.2ClH/c17-11-13-5-1-2-7-15(13)19-16(20)8-10-21-12-14-6-3-4-9-18-14;;/h3-4,6,9,13,15H,1-2,5,7-8,10-12,17H2,(H,19,20);2*1H. The zero-order valence-electron chi connectivity index (χ0n) is 13.3. The van der Waals surface area contributed by atoms with Gasteiger partial charge in [-0.1, -0.05) is 18.9 Å². The first-order chi connectivity index (χ1) is 10.3. The van der Waals surface area contributed by atoms with Crippen LogP contribution in [-0.2, 0) is 10.5 Å². The lowest BCUT2D eigenvalue weighted by molar-refractivity contribution is -0.121. The minimum Gasteiger partial charge on any atom is -0.353 e. The molecule has 0 radical (unpaired) electrons. The molecule has 132 valence electrons. The van der Waals surface area contributed by atoms with E-state index in [-0.39, 0.29) is 36.8 Å². The average Bonchev–Trinajstić information content (AvgIpc) is 2.53. The smallest absolute Gasteiger partial charge is 0.221 e.